The summed E-state index contributed by atoms with van der Waals surface area (Å²) in [6.45, 7) is 5.49. The molecule has 0 bridgehead atoms. The summed E-state index contributed by atoms with van der Waals surface area (Å²) in [4.78, 5) is 64.8. The van der Waals surface area contributed by atoms with Crippen LogP contribution in [0.1, 0.15) is 44.7 Å². The van der Waals surface area contributed by atoms with Gasteiger partial charge in [-0.2, -0.15) is 0 Å². The number of fused-ring (bicyclic) bond motifs is 4. The van der Waals surface area contributed by atoms with Crippen LogP contribution in [0.2, 0.25) is 0 Å². The number of allylic oxidation sites excluding steroid dienone is 1. The first kappa shape index (κ1) is 30.2. The van der Waals surface area contributed by atoms with E-state index in [1.54, 1.807) is 0 Å². The average Bonchev–Trinajstić information content (AvgIpc) is 2.89. The number of nitrogens with two attached hydrogens (primary N) is 3. The number of nitrogen functional groups attached to an aromatic ring is 1. The third-order valence-electron chi connectivity index (χ3n) is 9.05. The van der Waals surface area contributed by atoms with Crippen molar-refractivity contribution in [3.8, 4) is 5.75 Å². The molecular formula is C29H35N5O9. The van der Waals surface area contributed by atoms with Crippen LogP contribution in [0.3, 0.4) is 0 Å². The van der Waals surface area contributed by atoms with E-state index in [9.17, 15) is 44.4 Å². The van der Waals surface area contributed by atoms with Crippen molar-refractivity contribution in [3.05, 3.63) is 34.1 Å². The van der Waals surface area contributed by atoms with Crippen molar-refractivity contribution >= 4 is 46.3 Å². The maximum Gasteiger partial charge on any atom is 0.255 e. The summed E-state index contributed by atoms with van der Waals surface area (Å²) in [5.41, 5.74) is 13.7. The van der Waals surface area contributed by atoms with Gasteiger partial charge in [-0.3, -0.25) is 24.0 Å². The van der Waals surface area contributed by atoms with E-state index in [0.717, 1.165) is 0 Å². The number of carbonyl (C=O) groups excluding carboxylic acids is 5. The number of aliphatic hydroxyl groups is 3. The van der Waals surface area contributed by atoms with Crippen LogP contribution in [-0.2, 0) is 30.4 Å². The number of hydrogen-bond acceptors (Lipinski definition) is 12. The lowest BCUT2D eigenvalue weighted by atomic mass is 9.51. The standard InChI is InChI=1S/C29H35N5O9/c1-28(2,3)33-8-16(36)34-14-7-13(30)10-4-9-5-12-21(31)11-6-15(35)20(27(32)42)24(39)19(11)26(41)29(12,43)25(40)17(9)23(38)18(10)22(14)37/h7,9,11-12,19,21,33,37-39,43H,4-6,8,30-31H2,1-3H3,(H2,32,42)(H,34,36)/t9?,11?,12?,19?,21-,29+/m1/s1. The largest absolute Gasteiger partial charge is 0.511 e. The molecule has 12 N–H and O–H groups in total. The number of primary amides is 1. The van der Waals surface area contributed by atoms with Gasteiger partial charge in [0.1, 0.15) is 22.8 Å². The summed E-state index contributed by atoms with van der Waals surface area (Å²) >= 11 is 0. The third-order valence-corrected chi connectivity index (χ3v) is 9.05. The fourth-order valence-corrected chi connectivity index (χ4v) is 7.01. The molecule has 14 nitrogen and oxygen atoms in total. The van der Waals surface area contributed by atoms with Crippen LogP contribution in [0.15, 0.2) is 23.0 Å². The number of benzene rings is 1. The van der Waals surface area contributed by atoms with E-state index < -0.39 is 93.7 Å². The Balaban J connectivity index is 1.57. The van der Waals surface area contributed by atoms with Gasteiger partial charge in [-0.1, -0.05) is 0 Å². The van der Waals surface area contributed by atoms with Gasteiger partial charge in [0, 0.05) is 35.2 Å². The Morgan fingerprint density at radius 2 is 1.77 bits per heavy atom. The highest BCUT2D eigenvalue weighted by Gasteiger charge is 2.67. The molecule has 0 radical (unpaired) electrons. The minimum atomic E-state index is -2.82. The van der Waals surface area contributed by atoms with Gasteiger partial charge in [0.25, 0.3) is 5.91 Å². The van der Waals surface area contributed by atoms with Crippen molar-refractivity contribution in [3.63, 3.8) is 0 Å². The number of rotatable bonds is 4. The molecule has 0 aliphatic heterocycles. The zero-order valence-corrected chi connectivity index (χ0v) is 23.9. The van der Waals surface area contributed by atoms with Crippen LogP contribution in [0, 0.1) is 23.7 Å². The number of Topliss-reactive ketones (excluding diaryl/α,β-unsaturated/α-hetero) is 3. The third kappa shape index (κ3) is 4.48. The number of aromatic hydroxyl groups is 1. The Morgan fingerprint density at radius 1 is 1.12 bits per heavy atom. The summed E-state index contributed by atoms with van der Waals surface area (Å²) in [5, 5.41) is 50.6. The predicted molar refractivity (Wildman–Crippen MR) is 152 cm³/mol. The zero-order chi connectivity index (χ0) is 31.9. The highest BCUT2D eigenvalue weighted by atomic mass is 16.3. The number of aliphatic hydroxyl groups excluding tert-OH is 2. The molecule has 2 saturated carbocycles. The number of carbonyl (C=O) groups is 5. The Labute approximate surface area is 246 Å². The number of anilines is 2. The van der Waals surface area contributed by atoms with Crippen molar-refractivity contribution in [2.75, 3.05) is 17.6 Å². The molecule has 6 atom stereocenters. The topological polar surface area (TPSA) is 268 Å². The lowest BCUT2D eigenvalue weighted by molar-refractivity contribution is -0.172. The normalized spacial score (nSPS) is 30.3. The summed E-state index contributed by atoms with van der Waals surface area (Å²) in [6, 6.07) is 0.203. The molecular weight excluding hydrogens is 562 g/mol. The molecule has 4 unspecified atom stereocenters. The minimum Gasteiger partial charge on any atom is -0.511 e. The fraction of sp³-hybridized carbons (Fsp3) is 0.483. The zero-order valence-electron chi connectivity index (χ0n) is 23.9. The van der Waals surface area contributed by atoms with Crippen LogP contribution in [0.4, 0.5) is 11.4 Å². The lowest BCUT2D eigenvalue weighted by Gasteiger charge is -2.53. The van der Waals surface area contributed by atoms with Crippen molar-refractivity contribution in [2.45, 2.75) is 57.2 Å². The van der Waals surface area contributed by atoms with Gasteiger partial charge in [0.15, 0.2) is 17.2 Å². The number of amides is 2. The van der Waals surface area contributed by atoms with Crippen LogP contribution in [-0.4, -0.2) is 73.3 Å². The van der Waals surface area contributed by atoms with Crippen molar-refractivity contribution in [1.29, 1.82) is 0 Å². The summed E-state index contributed by atoms with van der Waals surface area (Å²) in [5.74, 6) is -11.8. The van der Waals surface area contributed by atoms with E-state index in [1.165, 1.54) is 6.07 Å². The molecule has 5 rings (SSSR count). The minimum absolute atomic E-state index is 0.0250. The molecule has 1 aromatic carbocycles. The van der Waals surface area contributed by atoms with E-state index in [2.05, 4.69) is 10.6 Å². The van der Waals surface area contributed by atoms with Gasteiger partial charge in [-0.25, -0.2) is 0 Å². The molecule has 2 fully saturated rings. The molecule has 0 saturated heterocycles. The van der Waals surface area contributed by atoms with Gasteiger partial charge in [0.2, 0.25) is 11.7 Å². The number of hydrogen-bond donors (Lipinski definition) is 9. The highest BCUT2D eigenvalue weighted by molar-refractivity contribution is 6.25. The summed E-state index contributed by atoms with van der Waals surface area (Å²) in [6.07, 6.45) is -0.449. The molecule has 230 valence electrons. The van der Waals surface area contributed by atoms with Crippen LogP contribution < -0.4 is 27.8 Å². The highest BCUT2D eigenvalue weighted by Crippen LogP contribution is 2.55. The average molecular weight is 598 g/mol. The molecule has 0 heterocycles. The van der Waals surface area contributed by atoms with E-state index in [1.807, 2.05) is 20.8 Å². The molecule has 0 aromatic heterocycles. The first-order chi connectivity index (χ1) is 19.9. The Morgan fingerprint density at radius 3 is 2.37 bits per heavy atom. The lowest BCUT2D eigenvalue weighted by Crippen LogP contribution is -2.71. The predicted octanol–water partition coefficient (Wildman–Crippen LogP) is -0.525. The maximum atomic E-state index is 14.0. The molecule has 4 aliphatic carbocycles. The van der Waals surface area contributed by atoms with Crippen LogP contribution in [0.5, 0.6) is 5.75 Å². The Kier molecular flexibility index (Phi) is 6.95. The second-order valence-corrected chi connectivity index (χ2v) is 12.8. The second kappa shape index (κ2) is 9.89. The Hall–Kier alpha value is -4.27. The monoisotopic (exact) mass is 597 g/mol. The van der Waals surface area contributed by atoms with E-state index in [-0.39, 0.29) is 47.4 Å². The second-order valence-electron chi connectivity index (χ2n) is 12.8. The molecule has 43 heavy (non-hydrogen) atoms. The van der Waals surface area contributed by atoms with Gasteiger partial charge < -0.3 is 48.3 Å². The number of ketones is 3. The first-order valence-corrected chi connectivity index (χ1v) is 13.9. The molecule has 14 heteroatoms. The van der Waals surface area contributed by atoms with Crippen LogP contribution >= 0.6 is 0 Å². The molecule has 0 spiro atoms. The Bertz CT molecular complexity index is 1570. The van der Waals surface area contributed by atoms with Gasteiger partial charge in [-0.05, 0) is 57.1 Å². The molecule has 1 aromatic rings. The smallest absolute Gasteiger partial charge is 0.255 e. The first-order valence-electron chi connectivity index (χ1n) is 13.9. The van der Waals surface area contributed by atoms with Gasteiger partial charge in [0.05, 0.1) is 23.7 Å². The number of phenols is 1. The number of phenolic OH excluding ortho intramolecular Hbond substituents is 1. The van der Waals surface area contributed by atoms with E-state index in [0.29, 0.717) is 5.56 Å². The summed E-state index contributed by atoms with van der Waals surface area (Å²) in [7, 11) is 0. The van der Waals surface area contributed by atoms with Gasteiger partial charge in [-0.15, -0.1) is 0 Å². The molecule has 4 aliphatic rings. The van der Waals surface area contributed by atoms with Crippen molar-refractivity contribution < 1.29 is 44.4 Å². The maximum absolute atomic E-state index is 14.0. The summed E-state index contributed by atoms with van der Waals surface area (Å²) < 4.78 is 0. The fourth-order valence-electron chi connectivity index (χ4n) is 7.01. The van der Waals surface area contributed by atoms with Crippen LogP contribution in [0.25, 0.3) is 5.76 Å². The van der Waals surface area contributed by atoms with E-state index >= 15 is 0 Å². The quantitative estimate of drug-likeness (QED) is 0.0697. The number of nitrogens with one attached hydrogen (secondary N) is 2. The van der Waals surface area contributed by atoms with Crippen molar-refractivity contribution in [1.82, 2.24) is 5.32 Å². The van der Waals surface area contributed by atoms with Crippen molar-refractivity contribution in [2.24, 2.45) is 35.1 Å². The van der Waals surface area contributed by atoms with E-state index in [4.69, 9.17) is 17.2 Å². The SMILES string of the molecule is CC(C)(C)NCC(=O)Nc1cc(N)c2c(c1O)C(O)=C1C(=O)[C@]3(O)C(=O)C4C(O)=C(C(N)=O)C(=O)CC4[C@@H](N)C3CC1C2. The van der Waals surface area contributed by atoms with Gasteiger partial charge >= 0.3 is 0 Å². The molecule has 2 amide bonds.